The number of β-amino-alcohol motifs (C(OH)–C–C–N with tert-alkyl or cyclic N) is 1. The largest absolute Gasteiger partial charge is 0.395 e. The molecule has 2 N–H and O–H groups in total. The smallest absolute Gasteiger partial charge is 0.270 e. The normalized spacial score (nSPS) is 16.4. The van der Waals surface area contributed by atoms with Crippen LogP contribution in [0.25, 0.3) is 0 Å². The van der Waals surface area contributed by atoms with E-state index in [1.54, 1.807) is 6.07 Å². The van der Waals surface area contributed by atoms with Crippen LogP contribution >= 0.6 is 0 Å². The Hall–Kier alpha value is -2.25. The number of piperidine rings is 1. The summed E-state index contributed by atoms with van der Waals surface area (Å²) in [5, 5.41) is 12.0. The number of hydrogen-bond donors (Lipinski definition) is 2. The highest BCUT2D eigenvalue weighted by atomic mass is 19.3. The number of aliphatic hydroxyl groups excluding tert-OH is 1. The van der Waals surface area contributed by atoms with Crippen molar-refractivity contribution >= 4 is 11.6 Å². The van der Waals surface area contributed by atoms with Crippen molar-refractivity contribution in [3.05, 3.63) is 52.8 Å². The Morgan fingerprint density at radius 1 is 1.16 bits per heavy atom. The van der Waals surface area contributed by atoms with Crippen LogP contribution in [0.15, 0.2) is 30.3 Å². The predicted octanol–water partition coefficient (Wildman–Crippen LogP) is 5.09. The molecule has 2 heterocycles. The predicted molar refractivity (Wildman–Crippen MR) is 124 cm³/mol. The number of likely N-dealkylation sites (tertiary alicyclic amines) is 1. The number of hydrogen-bond acceptors (Lipinski definition) is 3. The first-order valence-electron chi connectivity index (χ1n) is 11.3. The summed E-state index contributed by atoms with van der Waals surface area (Å²) in [5.74, 6) is -3.26. The van der Waals surface area contributed by atoms with Gasteiger partial charge in [-0.1, -0.05) is 32.9 Å². The number of carbonyl (C=O) groups excluding carboxylic acids is 1. The minimum absolute atomic E-state index is 0.130. The zero-order valence-corrected chi connectivity index (χ0v) is 19.7. The minimum Gasteiger partial charge on any atom is -0.395 e. The summed E-state index contributed by atoms with van der Waals surface area (Å²) in [4.78, 5) is 15.4. The van der Waals surface area contributed by atoms with Crippen LogP contribution in [0.2, 0.25) is 0 Å². The van der Waals surface area contributed by atoms with Gasteiger partial charge in [0.25, 0.3) is 11.8 Å². The van der Waals surface area contributed by atoms with Crippen LogP contribution < -0.4 is 5.32 Å². The molecule has 1 saturated heterocycles. The molecule has 1 aliphatic heterocycles. The SMILES string of the molecule is Cc1c(C(=O)Nc2cccc(C(C)(F)F)c2)cc(C(C)(C)C)n1C1CCN(CCO)CC1. The Labute approximate surface area is 189 Å². The Kier molecular flexibility index (Phi) is 7.10. The molecule has 0 radical (unpaired) electrons. The van der Waals surface area contributed by atoms with E-state index < -0.39 is 5.92 Å². The number of amides is 1. The Bertz CT molecular complexity index is 949. The molecule has 5 nitrogen and oxygen atoms in total. The second-order valence-corrected chi connectivity index (χ2v) is 9.87. The van der Waals surface area contributed by atoms with E-state index in [0.717, 1.165) is 44.2 Å². The lowest BCUT2D eigenvalue weighted by atomic mass is 9.91. The molecule has 0 unspecified atom stereocenters. The summed E-state index contributed by atoms with van der Waals surface area (Å²) in [7, 11) is 0. The topological polar surface area (TPSA) is 57.5 Å². The van der Waals surface area contributed by atoms with Crippen molar-refractivity contribution in [1.82, 2.24) is 9.47 Å². The number of nitrogens with one attached hydrogen (secondary N) is 1. The summed E-state index contributed by atoms with van der Waals surface area (Å²) < 4.78 is 29.7. The van der Waals surface area contributed by atoms with Gasteiger partial charge in [-0.15, -0.1) is 0 Å². The molecule has 1 aliphatic rings. The number of nitrogens with zero attached hydrogens (tertiary/aromatic N) is 2. The second-order valence-electron chi connectivity index (χ2n) is 9.87. The number of benzene rings is 1. The van der Waals surface area contributed by atoms with Crippen LogP contribution in [0.3, 0.4) is 0 Å². The molecule has 1 aromatic heterocycles. The third-order valence-corrected chi connectivity index (χ3v) is 6.27. The molecule has 7 heteroatoms. The molecule has 0 spiro atoms. The molecule has 1 amide bonds. The van der Waals surface area contributed by atoms with Crippen LogP contribution in [0.1, 0.15) is 73.9 Å². The molecule has 0 aliphatic carbocycles. The van der Waals surface area contributed by atoms with E-state index in [1.165, 1.54) is 18.2 Å². The van der Waals surface area contributed by atoms with Gasteiger partial charge in [-0.3, -0.25) is 4.79 Å². The van der Waals surface area contributed by atoms with Crippen LogP contribution in [-0.2, 0) is 11.3 Å². The maximum atomic E-state index is 13.7. The fourth-order valence-corrected chi connectivity index (χ4v) is 4.51. The molecular weight excluding hydrogens is 412 g/mol. The van der Waals surface area contributed by atoms with Gasteiger partial charge in [0.1, 0.15) is 0 Å². The number of alkyl halides is 2. The first-order chi connectivity index (χ1) is 14.9. The third kappa shape index (κ3) is 5.38. The third-order valence-electron chi connectivity index (χ3n) is 6.27. The quantitative estimate of drug-likeness (QED) is 0.649. The molecular formula is C25H35F2N3O2. The van der Waals surface area contributed by atoms with Crippen molar-refractivity contribution in [2.24, 2.45) is 0 Å². The van der Waals surface area contributed by atoms with Gasteiger partial charge in [0.2, 0.25) is 0 Å². The lowest BCUT2D eigenvalue weighted by Gasteiger charge is -2.35. The number of rotatable bonds is 6. The van der Waals surface area contributed by atoms with E-state index in [2.05, 4.69) is 35.6 Å². The highest BCUT2D eigenvalue weighted by Crippen LogP contribution is 2.35. The van der Waals surface area contributed by atoms with E-state index in [-0.39, 0.29) is 29.5 Å². The van der Waals surface area contributed by atoms with Crippen molar-refractivity contribution in [1.29, 1.82) is 0 Å². The van der Waals surface area contributed by atoms with E-state index in [1.807, 2.05) is 13.0 Å². The minimum atomic E-state index is -2.97. The van der Waals surface area contributed by atoms with Crippen LogP contribution in [0.4, 0.5) is 14.5 Å². The van der Waals surface area contributed by atoms with Crippen LogP contribution in [0.5, 0.6) is 0 Å². The van der Waals surface area contributed by atoms with Crippen molar-refractivity contribution in [3.8, 4) is 0 Å². The summed E-state index contributed by atoms with van der Waals surface area (Å²) in [6.45, 7) is 11.9. The maximum Gasteiger partial charge on any atom is 0.270 e. The first kappa shape index (κ1) is 24.4. The molecule has 32 heavy (non-hydrogen) atoms. The average Bonchev–Trinajstić information content (AvgIpc) is 3.06. The monoisotopic (exact) mass is 447 g/mol. The lowest BCUT2D eigenvalue weighted by Crippen LogP contribution is -2.37. The number of anilines is 1. The fraction of sp³-hybridized carbons (Fsp3) is 0.560. The van der Waals surface area contributed by atoms with Gasteiger partial charge in [0.15, 0.2) is 0 Å². The van der Waals surface area contributed by atoms with E-state index in [4.69, 9.17) is 0 Å². The molecule has 2 aromatic rings. The van der Waals surface area contributed by atoms with Gasteiger partial charge in [-0.05, 0) is 38.0 Å². The number of aromatic nitrogens is 1. The van der Waals surface area contributed by atoms with Gasteiger partial charge >= 0.3 is 0 Å². The van der Waals surface area contributed by atoms with E-state index in [9.17, 15) is 18.7 Å². The van der Waals surface area contributed by atoms with E-state index in [0.29, 0.717) is 17.8 Å². The highest BCUT2D eigenvalue weighted by Gasteiger charge is 2.31. The van der Waals surface area contributed by atoms with Crippen molar-refractivity contribution in [2.75, 3.05) is 31.6 Å². The highest BCUT2D eigenvalue weighted by molar-refractivity contribution is 6.05. The Morgan fingerprint density at radius 3 is 2.38 bits per heavy atom. The van der Waals surface area contributed by atoms with Gasteiger partial charge in [-0.25, -0.2) is 8.78 Å². The summed E-state index contributed by atoms with van der Waals surface area (Å²) in [5.41, 5.74) is 2.63. The second kappa shape index (κ2) is 9.32. The van der Waals surface area contributed by atoms with Gasteiger partial charge in [0.05, 0.1) is 12.2 Å². The number of aliphatic hydroxyl groups is 1. The van der Waals surface area contributed by atoms with Gasteiger partial charge in [0, 0.05) is 60.7 Å². The maximum absolute atomic E-state index is 13.7. The molecule has 176 valence electrons. The van der Waals surface area contributed by atoms with Crippen LogP contribution in [0, 0.1) is 6.92 Å². The van der Waals surface area contributed by atoms with Crippen LogP contribution in [-0.4, -0.2) is 46.7 Å². The molecule has 3 rings (SSSR count). The van der Waals surface area contributed by atoms with E-state index >= 15 is 0 Å². The average molecular weight is 448 g/mol. The molecule has 1 aromatic carbocycles. The number of carbonyl (C=O) groups is 1. The molecule has 0 bridgehead atoms. The Balaban J connectivity index is 1.89. The van der Waals surface area contributed by atoms with Gasteiger partial charge in [-0.2, -0.15) is 0 Å². The molecule has 0 atom stereocenters. The van der Waals surface area contributed by atoms with Crippen molar-refractivity contribution in [2.45, 2.75) is 64.8 Å². The van der Waals surface area contributed by atoms with Crippen molar-refractivity contribution in [3.63, 3.8) is 0 Å². The zero-order valence-electron chi connectivity index (χ0n) is 19.7. The number of halogens is 2. The standard InChI is InChI=1S/C25H35F2N3O2/c1-17-21(23(32)28-19-8-6-7-18(15-19)25(5,26)27)16-22(24(2,3)4)30(17)20-9-11-29(12-10-20)13-14-31/h6-8,15-16,20,31H,9-14H2,1-5H3,(H,28,32). The fourth-order valence-electron chi connectivity index (χ4n) is 4.51. The molecule has 0 saturated carbocycles. The first-order valence-corrected chi connectivity index (χ1v) is 11.3. The summed E-state index contributed by atoms with van der Waals surface area (Å²) in [6, 6.07) is 8.07. The lowest BCUT2D eigenvalue weighted by molar-refractivity contribution is 0.0175. The Morgan fingerprint density at radius 2 is 1.81 bits per heavy atom. The summed E-state index contributed by atoms with van der Waals surface area (Å²) in [6.07, 6.45) is 1.90. The summed E-state index contributed by atoms with van der Waals surface area (Å²) >= 11 is 0. The van der Waals surface area contributed by atoms with Crippen molar-refractivity contribution < 1.29 is 18.7 Å². The van der Waals surface area contributed by atoms with Gasteiger partial charge < -0.3 is 19.9 Å². The molecule has 1 fully saturated rings. The zero-order chi connectivity index (χ0) is 23.7.